The lowest BCUT2D eigenvalue weighted by atomic mass is 9.87. The Morgan fingerprint density at radius 1 is 1.21 bits per heavy atom. The topological polar surface area (TPSA) is 91.4 Å². The predicted octanol–water partition coefficient (Wildman–Crippen LogP) is 2.64. The first kappa shape index (κ1) is 19.4. The molecule has 1 aromatic heterocycles. The van der Waals surface area contributed by atoms with Crippen LogP contribution in [-0.4, -0.2) is 46.4 Å². The van der Waals surface area contributed by atoms with E-state index >= 15 is 0 Å². The van der Waals surface area contributed by atoms with E-state index in [2.05, 4.69) is 15.6 Å². The lowest BCUT2D eigenvalue weighted by Gasteiger charge is -2.36. The van der Waals surface area contributed by atoms with Crippen molar-refractivity contribution in [1.82, 2.24) is 20.5 Å². The van der Waals surface area contributed by atoms with Crippen molar-refractivity contribution in [2.24, 2.45) is 0 Å². The van der Waals surface area contributed by atoms with E-state index in [0.717, 1.165) is 23.5 Å². The Labute approximate surface area is 166 Å². The number of piperidine rings is 1. The second-order valence-corrected chi connectivity index (χ2v) is 7.76. The molecule has 0 unspecified atom stereocenters. The van der Waals surface area contributed by atoms with Crippen LogP contribution in [0, 0.1) is 0 Å². The SMILES string of the molecule is O=C1NC(=O)C2(CCN(C(=O)c3csc(-c4cccc(C(F)(F)F)c4)n3)CC2)N1. The van der Waals surface area contributed by atoms with E-state index in [1.165, 1.54) is 22.4 Å². The van der Waals surface area contributed by atoms with E-state index in [9.17, 15) is 27.6 Å². The third-order valence-electron chi connectivity index (χ3n) is 5.08. The number of likely N-dealkylation sites (tertiary alicyclic amines) is 1. The van der Waals surface area contributed by atoms with Crippen LogP contribution in [0.15, 0.2) is 29.6 Å². The van der Waals surface area contributed by atoms with Crippen LogP contribution in [0.25, 0.3) is 10.6 Å². The van der Waals surface area contributed by atoms with Crippen molar-refractivity contribution in [3.8, 4) is 10.6 Å². The summed E-state index contributed by atoms with van der Waals surface area (Å²) in [5.41, 5.74) is -1.35. The van der Waals surface area contributed by atoms with Crippen LogP contribution < -0.4 is 10.6 Å². The molecule has 1 spiro atoms. The van der Waals surface area contributed by atoms with Crippen LogP contribution in [0.1, 0.15) is 28.9 Å². The van der Waals surface area contributed by atoms with Crippen LogP contribution >= 0.6 is 11.3 Å². The van der Waals surface area contributed by atoms with Crippen LogP contribution in [0.3, 0.4) is 0 Å². The minimum absolute atomic E-state index is 0.137. The second-order valence-electron chi connectivity index (χ2n) is 6.90. The number of hydrogen-bond donors (Lipinski definition) is 2. The zero-order valence-corrected chi connectivity index (χ0v) is 15.7. The molecular weight excluding hydrogens is 409 g/mol. The standard InChI is InChI=1S/C18H15F3N4O3S/c19-18(20,21)11-3-1-2-10(8-11)13-22-12(9-29-13)14(26)25-6-4-17(5-7-25)15(27)23-16(28)24-17/h1-3,8-9H,4-7H2,(H2,23,24,27,28). The lowest BCUT2D eigenvalue weighted by molar-refractivity contribution is -0.137. The van der Waals surface area contributed by atoms with Gasteiger partial charge in [-0.1, -0.05) is 12.1 Å². The number of amides is 4. The van der Waals surface area contributed by atoms with Crippen molar-refractivity contribution in [2.45, 2.75) is 24.6 Å². The zero-order valence-electron chi connectivity index (χ0n) is 14.9. The molecule has 2 fully saturated rings. The maximum absolute atomic E-state index is 12.9. The molecule has 2 aliphatic heterocycles. The molecule has 1 aromatic carbocycles. The molecule has 11 heteroatoms. The Morgan fingerprint density at radius 3 is 2.55 bits per heavy atom. The number of rotatable bonds is 2. The minimum Gasteiger partial charge on any atom is -0.337 e. The summed E-state index contributed by atoms with van der Waals surface area (Å²) in [6, 6.07) is 4.24. The first-order valence-corrected chi connectivity index (χ1v) is 9.62. The van der Waals surface area contributed by atoms with Crippen molar-refractivity contribution in [3.05, 3.63) is 40.9 Å². The average molecular weight is 424 g/mol. The summed E-state index contributed by atoms with van der Waals surface area (Å²) >= 11 is 1.09. The van der Waals surface area contributed by atoms with E-state index in [4.69, 9.17) is 0 Å². The number of carbonyl (C=O) groups is 3. The monoisotopic (exact) mass is 424 g/mol. The Kier molecular flexibility index (Phi) is 4.56. The quantitative estimate of drug-likeness (QED) is 0.726. The fourth-order valence-corrected chi connectivity index (χ4v) is 4.26. The normalized spacial score (nSPS) is 18.7. The van der Waals surface area contributed by atoms with E-state index < -0.39 is 29.2 Å². The number of benzene rings is 1. The summed E-state index contributed by atoms with van der Waals surface area (Å²) < 4.78 is 38.7. The smallest absolute Gasteiger partial charge is 0.337 e. The third kappa shape index (κ3) is 3.57. The molecular formula is C18H15F3N4O3S. The molecule has 0 bridgehead atoms. The number of hydrogen-bond acceptors (Lipinski definition) is 5. The van der Waals surface area contributed by atoms with E-state index in [-0.39, 0.29) is 43.1 Å². The highest BCUT2D eigenvalue weighted by Gasteiger charge is 2.48. The van der Waals surface area contributed by atoms with Gasteiger partial charge in [0, 0.05) is 24.0 Å². The number of imide groups is 1. The van der Waals surface area contributed by atoms with Crippen molar-refractivity contribution >= 4 is 29.2 Å². The number of thiazole rings is 1. The summed E-state index contributed by atoms with van der Waals surface area (Å²) in [7, 11) is 0. The van der Waals surface area contributed by atoms with E-state index in [1.807, 2.05) is 0 Å². The highest BCUT2D eigenvalue weighted by Crippen LogP contribution is 2.33. The molecule has 3 heterocycles. The van der Waals surface area contributed by atoms with Crippen LogP contribution in [0.5, 0.6) is 0 Å². The van der Waals surface area contributed by atoms with Crippen molar-refractivity contribution in [2.75, 3.05) is 13.1 Å². The molecule has 2 N–H and O–H groups in total. The molecule has 4 amide bonds. The van der Waals surface area contributed by atoms with Crippen LogP contribution in [0.2, 0.25) is 0 Å². The number of carbonyl (C=O) groups excluding carboxylic acids is 3. The molecule has 4 rings (SSSR count). The van der Waals surface area contributed by atoms with Gasteiger partial charge in [0.25, 0.3) is 11.8 Å². The Hall–Kier alpha value is -2.95. The molecule has 29 heavy (non-hydrogen) atoms. The molecule has 152 valence electrons. The van der Waals surface area contributed by atoms with Gasteiger partial charge in [0.05, 0.1) is 5.56 Å². The molecule has 0 aliphatic carbocycles. The fraction of sp³-hybridized carbons (Fsp3) is 0.333. The molecule has 0 saturated carbocycles. The first-order chi connectivity index (χ1) is 13.7. The minimum atomic E-state index is -4.46. The van der Waals surface area contributed by atoms with Gasteiger partial charge >= 0.3 is 12.2 Å². The van der Waals surface area contributed by atoms with Crippen molar-refractivity contribution in [3.63, 3.8) is 0 Å². The lowest BCUT2D eigenvalue weighted by Crippen LogP contribution is -2.55. The highest BCUT2D eigenvalue weighted by atomic mass is 32.1. The largest absolute Gasteiger partial charge is 0.416 e. The van der Waals surface area contributed by atoms with E-state index in [0.29, 0.717) is 5.01 Å². The fourth-order valence-electron chi connectivity index (χ4n) is 3.47. The third-order valence-corrected chi connectivity index (χ3v) is 5.97. The number of urea groups is 1. The summed E-state index contributed by atoms with van der Waals surface area (Å²) in [4.78, 5) is 41.8. The Bertz CT molecular complexity index is 996. The first-order valence-electron chi connectivity index (χ1n) is 8.74. The van der Waals surface area contributed by atoms with Crippen molar-refractivity contribution < 1.29 is 27.6 Å². The number of nitrogens with zero attached hydrogens (tertiary/aromatic N) is 2. The molecule has 2 saturated heterocycles. The van der Waals surface area contributed by atoms with Gasteiger partial charge in [0.2, 0.25) is 0 Å². The predicted molar refractivity (Wildman–Crippen MR) is 97.1 cm³/mol. The van der Waals surface area contributed by atoms with Gasteiger partial charge < -0.3 is 10.2 Å². The summed E-state index contributed by atoms with van der Waals surface area (Å²) in [6.45, 7) is 0.506. The Morgan fingerprint density at radius 2 is 1.93 bits per heavy atom. The maximum atomic E-state index is 12.9. The summed E-state index contributed by atoms with van der Waals surface area (Å²) in [5, 5.41) is 6.65. The number of halogens is 3. The van der Waals surface area contributed by atoms with Gasteiger partial charge in [0.1, 0.15) is 16.2 Å². The van der Waals surface area contributed by atoms with Gasteiger partial charge in [-0.2, -0.15) is 13.2 Å². The summed E-state index contributed by atoms with van der Waals surface area (Å²) in [5.74, 6) is -0.755. The number of nitrogens with one attached hydrogen (secondary N) is 2. The molecule has 2 aliphatic rings. The van der Waals surface area contributed by atoms with Gasteiger partial charge in [-0.05, 0) is 25.0 Å². The molecule has 0 radical (unpaired) electrons. The average Bonchev–Trinajstić information content (AvgIpc) is 3.27. The maximum Gasteiger partial charge on any atom is 0.416 e. The second kappa shape index (κ2) is 6.83. The molecule has 7 nitrogen and oxygen atoms in total. The zero-order chi connectivity index (χ0) is 20.8. The molecule has 0 atom stereocenters. The Balaban J connectivity index is 1.47. The van der Waals surface area contributed by atoms with Gasteiger partial charge in [-0.3, -0.25) is 14.9 Å². The van der Waals surface area contributed by atoms with Crippen LogP contribution in [0.4, 0.5) is 18.0 Å². The van der Waals surface area contributed by atoms with E-state index in [1.54, 1.807) is 0 Å². The van der Waals surface area contributed by atoms with Crippen molar-refractivity contribution in [1.29, 1.82) is 0 Å². The number of alkyl halides is 3. The summed E-state index contributed by atoms with van der Waals surface area (Å²) in [6.07, 6.45) is -3.90. The van der Waals surface area contributed by atoms with Gasteiger partial charge in [-0.15, -0.1) is 11.3 Å². The van der Waals surface area contributed by atoms with Crippen LogP contribution in [-0.2, 0) is 11.0 Å². The van der Waals surface area contributed by atoms with Gasteiger partial charge in [0.15, 0.2) is 0 Å². The number of aromatic nitrogens is 1. The molecule has 2 aromatic rings. The van der Waals surface area contributed by atoms with Gasteiger partial charge in [-0.25, -0.2) is 9.78 Å². The highest BCUT2D eigenvalue weighted by molar-refractivity contribution is 7.13.